The van der Waals surface area contributed by atoms with Crippen LogP contribution < -0.4 is 10.1 Å². The van der Waals surface area contributed by atoms with Crippen LogP contribution in [0.3, 0.4) is 0 Å². The summed E-state index contributed by atoms with van der Waals surface area (Å²) in [5.74, 6) is 0.418. The van der Waals surface area contributed by atoms with E-state index >= 15 is 0 Å². The van der Waals surface area contributed by atoms with Gasteiger partial charge in [-0.25, -0.2) is 0 Å². The van der Waals surface area contributed by atoms with Crippen LogP contribution in [0.25, 0.3) is 11.0 Å². The standard InChI is InChI=1S/C24H19NO6/c26-18-8-11-21-16(14-29-22(21)13-18)12-24(28)30-15-23(27)25-17-6-9-20(10-7-17)31-19-4-2-1-3-5-19/h1-11,13-14,26H,12,15H2,(H,25,27). The largest absolute Gasteiger partial charge is 0.508 e. The fourth-order valence-corrected chi connectivity index (χ4v) is 2.99. The average Bonchev–Trinajstić information content (AvgIpc) is 3.16. The minimum absolute atomic E-state index is 0.0451. The Bertz CT molecular complexity index is 1200. The maximum absolute atomic E-state index is 12.1. The molecule has 0 unspecified atom stereocenters. The summed E-state index contributed by atoms with van der Waals surface area (Å²) in [5, 5.41) is 12.8. The quantitative estimate of drug-likeness (QED) is 0.425. The predicted octanol–water partition coefficient (Wildman–Crippen LogP) is 4.66. The van der Waals surface area contributed by atoms with Gasteiger partial charge in [-0.05, 0) is 48.5 Å². The lowest BCUT2D eigenvalue weighted by molar-refractivity contribution is -0.146. The molecule has 1 amide bonds. The van der Waals surface area contributed by atoms with Crippen molar-refractivity contribution in [1.29, 1.82) is 0 Å². The van der Waals surface area contributed by atoms with E-state index in [0.717, 1.165) is 0 Å². The van der Waals surface area contributed by atoms with E-state index in [4.69, 9.17) is 13.9 Å². The van der Waals surface area contributed by atoms with Crippen molar-refractivity contribution >= 4 is 28.5 Å². The number of benzene rings is 3. The van der Waals surface area contributed by atoms with Crippen LogP contribution >= 0.6 is 0 Å². The number of hydrogen-bond acceptors (Lipinski definition) is 6. The van der Waals surface area contributed by atoms with Crippen molar-refractivity contribution in [2.45, 2.75) is 6.42 Å². The normalized spacial score (nSPS) is 10.6. The lowest BCUT2D eigenvalue weighted by Gasteiger charge is -2.08. The molecule has 2 N–H and O–H groups in total. The Balaban J connectivity index is 1.26. The number of furan rings is 1. The smallest absolute Gasteiger partial charge is 0.310 e. The molecule has 7 heteroatoms. The van der Waals surface area contributed by atoms with Crippen molar-refractivity contribution in [3.05, 3.63) is 84.6 Å². The molecule has 3 aromatic carbocycles. The molecule has 156 valence electrons. The predicted molar refractivity (Wildman–Crippen MR) is 114 cm³/mol. The van der Waals surface area contributed by atoms with E-state index in [9.17, 15) is 14.7 Å². The first-order chi connectivity index (χ1) is 15.1. The zero-order valence-electron chi connectivity index (χ0n) is 16.4. The second-order valence-corrected chi connectivity index (χ2v) is 6.77. The zero-order valence-corrected chi connectivity index (χ0v) is 16.4. The zero-order chi connectivity index (χ0) is 21.6. The summed E-state index contributed by atoms with van der Waals surface area (Å²) in [5.41, 5.74) is 1.65. The van der Waals surface area contributed by atoms with Crippen molar-refractivity contribution in [3.63, 3.8) is 0 Å². The number of aromatic hydroxyl groups is 1. The van der Waals surface area contributed by atoms with Crippen LogP contribution in [0.15, 0.2) is 83.5 Å². The molecule has 0 aliphatic heterocycles. The summed E-state index contributed by atoms with van der Waals surface area (Å²) >= 11 is 0. The van der Waals surface area contributed by atoms with Crippen LogP contribution in [0.4, 0.5) is 5.69 Å². The van der Waals surface area contributed by atoms with Crippen molar-refractivity contribution in [2.24, 2.45) is 0 Å². The topological polar surface area (TPSA) is 98.0 Å². The number of phenols is 1. The number of rotatable bonds is 7. The van der Waals surface area contributed by atoms with Gasteiger partial charge in [0.1, 0.15) is 22.8 Å². The van der Waals surface area contributed by atoms with Gasteiger partial charge in [0.05, 0.1) is 12.7 Å². The number of amides is 1. The first kappa shape index (κ1) is 20.0. The van der Waals surface area contributed by atoms with E-state index in [-0.39, 0.29) is 12.2 Å². The second-order valence-electron chi connectivity index (χ2n) is 6.77. The number of ether oxygens (including phenoxy) is 2. The van der Waals surface area contributed by atoms with Crippen LogP contribution in [0.1, 0.15) is 5.56 Å². The third kappa shape index (κ3) is 5.22. The number of anilines is 1. The molecule has 7 nitrogen and oxygen atoms in total. The lowest BCUT2D eigenvalue weighted by atomic mass is 10.1. The molecule has 0 saturated heterocycles. The second kappa shape index (κ2) is 9.04. The summed E-state index contributed by atoms with van der Waals surface area (Å²) in [7, 11) is 0. The number of fused-ring (bicyclic) bond motifs is 1. The summed E-state index contributed by atoms with van der Waals surface area (Å²) in [6, 6.07) is 20.9. The SMILES string of the molecule is O=C(COC(=O)Cc1coc2cc(O)ccc12)Nc1ccc(Oc2ccccc2)cc1. The maximum Gasteiger partial charge on any atom is 0.310 e. The van der Waals surface area contributed by atoms with Gasteiger partial charge in [0.2, 0.25) is 0 Å². The molecule has 0 spiro atoms. The van der Waals surface area contributed by atoms with Crippen LogP contribution in [0.5, 0.6) is 17.2 Å². The van der Waals surface area contributed by atoms with E-state index in [1.165, 1.54) is 18.4 Å². The van der Waals surface area contributed by atoms with Gasteiger partial charge in [-0.1, -0.05) is 18.2 Å². The molecule has 0 aliphatic carbocycles. The highest BCUT2D eigenvalue weighted by Gasteiger charge is 2.13. The number of para-hydroxylation sites is 1. The molecule has 0 fully saturated rings. The molecule has 31 heavy (non-hydrogen) atoms. The fourth-order valence-electron chi connectivity index (χ4n) is 2.99. The first-order valence-corrected chi connectivity index (χ1v) is 9.54. The molecule has 0 saturated carbocycles. The van der Waals surface area contributed by atoms with Crippen LogP contribution in [-0.2, 0) is 20.7 Å². The first-order valence-electron chi connectivity index (χ1n) is 9.54. The van der Waals surface area contributed by atoms with Gasteiger partial charge in [-0.2, -0.15) is 0 Å². The lowest BCUT2D eigenvalue weighted by Crippen LogP contribution is -2.21. The molecule has 0 atom stereocenters. The van der Waals surface area contributed by atoms with Gasteiger partial charge in [0.15, 0.2) is 6.61 Å². The molecular formula is C24H19NO6. The fraction of sp³-hybridized carbons (Fsp3) is 0.0833. The van der Waals surface area contributed by atoms with Crippen molar-refractivity contribution in [3.8, 4) is 17.2 Å². The molecular weight excluding hydrogens is 398 g/mol. The van der Waals surface area contributed by atoms with E-state index < -0.39 is 18.5 Å². The highest BCUT2D eigenvalue weighted by molar-refractivity contribution is 5.93. The van der Waals surface area contributed by atoms with E-state index in [1.54, 1.807) is 30.3 Å². The molecule has 4 aromatic rings. The molecule has 0 bridgehead atoms. The average molecular weight is 417 g/mol. The number of nitrogens with one attached hydrogen (secondary N) is 1. The Hall–Kier alpha value is -4.26. The highest BCUT2D eigenvalue weighted by atomic mass is 16.5. The Morgan fingerprint density at radius 2 is 1.68 bits per heavy atom. The Labute approximate surface area is 177 Å². The Morgan fingerprint density at radius 1 is 0.935 bits per heavy atom. The number of carbonyl (C=O) groups is 2. The highest BCUT2D eigenvalue weighted by Crippen LogP contribution is 2.25. The van der Waals surface area contributed by atoms with Gasteiger partial charge in [0, 0.05) is 22.7 Å². The maximum atomic E-state index is 12.1. The molecule has 0 radical (unpaired) electrons. The van der Waals surface area contributed by atoms with E-state index in [1.807, 2.05) is 30.3 Å². The third-order valence-electron chi connectivity index (χ3n) is 4.46. The van der Waals surface area contributed by atoms with Crippen LogP contribution in [-0.4, -0.2) is 23.6 Å². The molecule has 1 heterocycles. The minimum Gasteiger partial charge on any atom is -0.508 e. The Kier molecular flexibility index (Phi) is 5.84. The number of hydrogen-bond donors (Lipinski definition) is 2. The summed E-state index contributed by atoms with van der Waals surface area (Å²) < 4.78 is 16.1. The van der Waals surface area contributed by atoms with Crippen molar-refractivity contribution < 1.29 is 28.6 Å². The van der Waals surface area contributed by atoms with Gasteiger partial charge >= 0.3 is 5.97 Å². The molecule has 4 rings (SSSR count). The van der Waals surface area contributed by atoms with Crippen LogP contribution in [0.2, 0.25) is 0 Å². The van der Waals surface area contributed by atoms with Crippen molar-refractivity contribution in [2.75, 3.05) is 11.9 Å². The van der Waals surface area contributed by atoms with Crippen LogP contribution in [0, 0.1) is 0 Å². The summed E-state index contributed by atoms with van der Waals surface area (Å²) in [6.45, 7) is -0.405. The Morgan fingerprint density at radius 3 is 2.45 bits per heavy atom. The number of phenolic OH excluding ortho intramolecular Hbond substituents is 1. The van der Waals surface area contributed by atoms with Gasteiger partial charge in [-0.15, -0.1) is 0 Å². The monoisotopic (exact) mass is 417 g/mol. The third-order valence-corrected chi connectivity index (χ3v) is 4.46. The number of carbonyl (C=O) groups excluding carboxylic acids is 2. The van der Waals surface area contributed by atoms with E-state index in [2.05, 4.69) is 5.32 Å². The summed E-state index contributed by atoms with van der Waals surface area (Å²) in [4.78, 5) is 24.2. The van der Waals surface area contributed by atoms with Gasteiger partial charge in [0.25, 0.3) is 5.91 Å². The summed E-state index contributed by atoms with van der Waals surface area (Å²) in [6.07, 6.45) is 1.39. The van der Waals surface area contributed by atoms with E-state index in [0.29, 0.717) is 33.7 Å². The molecule has 0 aliphatic rings. The molecule has 1 aromatic heterocycles. The minimum atomic E-state index is -0.558. The van der Waals surface area contributed by atoms with Gasteiger partial charge < -0.3 is 24.3 Å². The van der Waals surface area contributed by atoms with Gasteiger partial charge in [-0.3, -0.25) is 9.59 Å². The van der Waals surface area contributed by atoms with Crippen molar-refractivity contribution in [1.82, 2.24) is 0 Å². The number of esters is 1.